The number of rotatable bonds is 8. The van der Waals surface area contributed by atoms with Crippen LogP contribution in [-0.2, 0) is 20.7 Å². The number of nitrogens with one attached hydrogen (secondary N) is 4. The highest BCUT2D eigenvalue weighted by Gasteiger charge is 2.29. The van der Waals surface area contributed by atoms with E-state index in [-0.39, 0.29) is 12.3 Å². The summed E-state index contributed by atoms with van der Waals surface area (Å²) in [6, 6.07) is 5.92. The van der Waals surface area contributed by atoms with Gasteiger partial charge in [-0.3, -0.25) is 15.0 Å². The van der Waals surface area contributed by atoms with Gasteiger partial charge >= 0.3 is 6.09 Å². The van der Waals surface area contributed by atoms with Gasteiger partial charge in [-0.1, -0.05) is 32.0 Å². The molecule has 170 valence electrons. The van der Waals surface area contributed by atoms with Crippen molar-refractivity contribution in [1.82, 2.24) is 21.0 Å². The predicted molar refractivity (Wildman–Crippen MR) is 119 cm³/mol. The average molecular weight is 432 g/mol. The van der Waals surface area contributed by atoms with Crippen LogP contribution in [0.4, 0.5) is 4.79 Å². The number of nitrogens with two attached hydrogens (primary N) is 1. The Hall–Kier alpha value is -3.07. The van der Waals surface area contributed by atoms with Crippen LogP contribution in [0.1, 0.15) is 46.6 Å². The second-order valence-electron chi connectivity index (χ2n) is 8.96. The molecule has 0 aliphatic carbocycles. The zero-order chi connectivity index (χ0) is 23.2. The smallest absolute Gasteiger partial charge is 0.408 e. The summed E-state index contributed by atoms with van der Waals surface area (Å²) < 4.78 is 5.33. The Morgan fingerprint density at radius 2 is 1.74 bits per heavy atom. The molecule has 6 N–H and O–H groups in total. The number of alkyl carbamates (subject to hydrolysis) is 1. The third kappa shape index (κ3) is 7.29. The van der Waals surface area contributed by atoms with Gasteiger partial charge in [-0.15, -0.1) is 0 Å². The van der Waals surface area contributed by atoms with Gasteiger partial charge in [0.15, 0.2) is 0 Å². The van der Waals surface area contributed by atoms with Crippen LogP contribution >= 0.6 is 0 Å². The molecule has 2 aromatic rings. The first-order chi connectivity index (χ1) is 14.5. The zero-order valence-corrected chi connectivity index (χ0v) is 18.7. The molecule has 0 spiro atoms. The van der Waals surface area contributed by atoms with Gasteiger partial charge in [-0.25, -0.2) is 10.6 Å². The van der Waals surface area contributed by atoms with Crippen molar-refractivity contribution < 1.29 is 19.1 Å². The van der Waals surface area contributed by atoms with E-state index in [0.29, 0.717) is 6.42 Å². The van der Waals surface area contributed by atoms with Gasteiger partial charge < -0.3 is 20.4 Å². The molecule has 0 aliphatic heterocycles. The normalized spacial score (nSPS) is 13.5. The van der Waals surface area contributed by atoms with Gasteiger partial charge in [0.2, 0.25) is 5.91 Å². The Labute approximate surface area is 182 Å². The number of para-hydroxylation sites is 1. The number of ether oxygens (including phenoxy) is 1. The van der Waals surface area contributed by atoms with Crippen molar-refractivity contribution >= 4 is 28.8 Å². The van der Waals surface area contributed by atoms with E-state index in [1.54, 1.807) is 27.0 Å². The maximum atomic E-state index is 13.1. The fourth-order valence-electron chi connectivity index (χ4n) is 3.26. The number of H-pyrrole nitrogens is 1. The van der Waals surface area contributed by atoms with E-state index in [2.05, 4.69) is 21.0 Å². The van der Waals surface area contributed by atoms with Crippen LogP contribution in [-0.4, -0.2) is 40.6 Å². The van der Waals surface area contributed by atoms with Gasteiger partial charge in [0, 0.05) is 23.5 Å². The standard InChI is InChI=1S/C22H33N5O4/c1-13(2)10-17(20(29)27-23)25-19(28)18(26-21(30)31-22(3,4)5)11-14-12-24-16-9-7-6-8-15(14)16/h6-9,12-13,17-18,24H,10-11,23H2,1-5H3,(H,25,28)(H,26,30)(H,27,29)/t17-,18+/m0/s1. The first-order valence-corrected chi connectivity index (χ1v) is 10.4. The molecule has 1 aromatic heterocycles. The van der Waals surface area contributed by atoms with Crippen LogP contribution in [0.25, 0.3) is 10.9 Å². The molecule has 0 aliphatic rings. The Kier molecular flexibility index (Phi) is 8.04. The first-order valence-electron chi connectivity index (χ1n) is 10.4. The van der Waals surface area contributed by atoms with Crippen molar-refractivity contribution in [1.29, 1.82) is 0 Å². The lowest BCUT2D eigenvalue weighted by atomic mass is 10.0. The van der Waals surface area contributed by atoms with E-state index in [1.165, 1.54) is 0 Å². The maximum absolute atomic E-state index is 13.1. The topological polar surface area (TPSA) is 138 Å². The largest absolute Gasteiger partial charge is 0.444 e. The van der Waals surface area contributed by atoms with Gasteiger partial charge in [-0.05, 0) is 44.7 Å². The second-order valence-corrected chi connectivity index (χ2v) is 8.96. The van der Waals surface area contributed by atoms with Crippen LogP contribution < -0.4 is 21.9 Å². The summed E-state index contributed by atoms with van der Waals surface area (Å²) in [5, 5.41) is 6.31. The van der Waals surface area contributed by atoms with Crippen molar-refractivity contribution in [2.45, 2.75) is 65.1 Å². The molecule has 0 fully saturated rings. The van der Waals surface area contributed by atoms with E-state index < -0.39 is 35.6 Å². The number of carbonyl (C=O) groups excluding carboxylic acids is 3. The summed E-state index contributed by atoms with van der Waals surface area (Å²) in [5.41, 5.74) is 3.15. The molecule has 31 heavy (non-hydrogen) atoms. The number of aromatic amines is 1. The lowest BCUT2D eigenvalue weighted by Crippen LogP contribution is -2.56. The number of hydrogen-bond acceptors (Lipinski definition) is 5. The monoisotopic (exact) mass is 431 g/mol. The Morgan fingerprint density at radius 3 is 2.35 bits per heavy atom. The van der Waals surface area contributed by atoms with Crippen molar-refractivity contribution in [2.24, 2.45) is 11.8 Å². The molecular weight excluding hydrogens is 398 g/mol. The Balaban J connectivity index is 2.25. The molecule has 9 nitrogen and oxygen atoms in total. The minimum absolute atomic E-state index is 0.147. The number of hydrazine groups is 1. The van der Waals surface area contributed by atoms with Gasteiger partial charge in [-0.2, -0.15) is 0 Å². The number of hydrogen-bond donors (Lipinski definition) is 5. The van der Waals surface area contributed by atoms with Crippen LogP contribution in [0, 0.1) is 5.92 Å². The summed E-state index contributed by atoms with van der Waals surface area (Å²) in [6.07, 6.45) is 1.71. The van der Waals surface area contributed by atoms with Gasteiger partial charge in [0.1, 0.15) is 17.7 Å². The molecule has 0 radical (unpaired) electrons. The molecule has 2 rings (SSSR count). The average Bonchev–Trinajstić information content (AvgIpc) is 3.07. The minimum Gasteiger partial charge on any atom is -0.444 e. The van der Waals surface area contributed by atoms with E-state index >= 15 is 0 Å². The van der Waals surface area contributed by atoms with Gasteiger partial charge in [0.25, 0.3) is 5.91 Å². The molecule has 0 unspecified atom stereocenters. The summed E-state index contributed by atoms with van der Waals surface area (Å²) in [6.45, 7) is 9.10. The number of carbonyl (C=O) groups is 3. The first kappa shape index (κ1) is 24.2. The molecule has 1 heterocycles. The quantitative estimate of drug-likeness (QED) is 0.248. The maximum Gasteiger partial charge on any atom is 0.408 e. The zero-order valence-electron chi connectivity index (χ0n) is 18.7. The highest BCUT2D eigenvalue weighted by Crippen LogP contribution is 2.19. The second kappa shape index (κ2) is 10.3. The van der Waals surface area contributed by atoms with Crippen molar-refractivity contribution in [3.8, 4) is 0 Å². The van der Waals surface area contributed by atoms with Crippen molar-refractivity contribution in [3.05, 3.63) is 36.0 Å². The third-order valence-electron chi connectivity index (χ3n) is 4.59. The lowest BCUT2D eigenvalue weighted by molar-refractivity contribution is -0.130. The molecule has 1 aromatic carbocycles. The van der Waals surface area contributed by atoms with Crippen molar-refractivity contribution in [2.75, 3.05) is 0 Å². The Bertz CT molecular complexity index is 916. The fourth-order valence-corrected chi connectivity index (χ4v) is 3.26. The fraction of sp³-hybridized carbons (Fsp3) is 0.500. The summed E-state index contributed by atoms with van der Waals surface area (Å²) in [4.78, 5) is 40.8. The van der Waals surface area contributed by atoms with Crippen LogP contribution in [0.3, 0.4) is 0 Å². The molecule has 0 saturated carbocycles. The molecule has 9 heteroatoms. The number of fused-ring (bicyclic) bond motifs is 1. The van der Waals surface area contributed by atoms with E-state index in [4.69, 9.17) is 10.6 Å². The molecular formula is C22H33N5O4. The Morgan fingerprint density at radius 1 is 1.06 bits per heavy atom. The van der Waals surface area contributed by atoms with Crippen LogP contribution in [0.5, 0.6) is 0 Å². The van der Waals surface area contributed by atoms with Gasteiger partial charge in [0.05, 0.1) is 0 Å². The summed E-state index contributed by atoms with van der Waals surface area (Å²) in [7, 11) is 0. The minimum atomic E-state index is -0.950. The predicted octanol–water partition coefficient (Wildman–Crippen LogP) is 2.12. The highest BCUT2D eigenvalue weighted by molar-refractivity contribution is 5.92. The highest BCUT2D eigenvalue weighted by atomic mass is 16.6. The van der Waals surface area contributed by atoms with E-state index in [1.807, 2.05) is 38.1 Å². The number of benzene rings is 1. The number of amides is 3. The molecule has 2 atom stereocenters. The SMILES string of the molecule is CC(C)C[C@H](NC(=O)[C@@H](Cc1c[nH]c2ccccc12)NC(=O)OC(C)(C)C)C(=O)NN. The van der Waals surface area contributed by atoms with Crippen molar-refractivity contribution in [3.63, 3.8) is 0 Å². The molecule has 0 saturated heterocycles. The van der Waals surface area contributed by atoms with E-state index in [9.17, 15) is 14.4 Å². The molecule has 3 amide bonds. The van der Waals surface area contributed by atoms with Crippen LogP contribution in [0.15, 0.2) is 30.5 Å². The number of aromatic nitrogens is 1. The summed E-state index contributed by atoms with van der Waals surface area (Å²) in [5.74, 6) is 4.43. The molecule has 0 bridgehead atoms. The van der Waals surface area contributed by atoms with Crippen LogP contribution in [0.2, 0.25) is 0 Å². The lowest BCUT2D eigenvalue weighted by Gasteiger charge is -2.25. The van der Waals surface area contributed by atoms with E-state index in [0.717, 1.165) is 16.5 Å². The summed E-state index contributed by atoms with van der Waals surface area (Å²) >= 11 is 0. The third-order valence-corrected chi connectivity index (χ3v) is 4.59.